The molecule has 0 unspecified atom stereocenters. The third kappa shape index (κ3) is 4.11. The summed E-state index contributed by atoms with van der Waals surface area (Å²) in [6, 6.07) is 9.89. The van der Waals surface area contributed by atoms with Gasteiger partial charge in [-0.25, -0.2) is 4.79 Å². The standard InChI is InChI=1S/C28H32N6O3/c1-17(2)34-25-21-13-19(5-8-23(21)30-31-26(25)32(4)27(34)36)20-6-7-22(29-14-20)18(3)37-15-24(35)33-12-11-28(16-33)9-10-28/h5-8,13-14,17-18H,9-12,15-16H2,1-4H3/t18-/m1/s1. The van der Waals surface area contributed by atoms with Crippen molar-refractivity contribution in [1.29, 1.82) is 0 Å². The van der Waals surface area contributed by atoms with E-state index in [0.717, 1.165) is 52.8 Å². The molecule has 6 rings (SSSR count). The normalized spacial score (nSPS) is 17.4. The van der Waals surface area contributed by atoms with E-state index in [4.69, 9.17) is 4.74 Å². The topological polar surface area (TPSA) is 95.1 Å². The maximum atomic E-state index is 12.8. The maximum Gasteiger partial charge on any atom is 0.330 e. The fourth-order valence-corrected chi connectivity index (χ4v) is 5.47. The molecule has 0 N–H and O–H groups in total. The predicted molar refractivity (Wildman–Crippen MR) is 141 cm³/mol. The Kier molecular flexibility index (Phi) is 5.63. The van der Waals surface area contributed by atoms with Crippen molar-refractivity contribution in [3.05, 3.63) is 52.7 Å². The van der Waals surface area contributed by atoms with Crippen molar-refractivity contribution < 1.29 is 9.53 Å². The molecule has 9 nitrogen and oxygen atoms in total. The van der Waals surface area contributed by atoms with E-state index >= 15 is 0 Å². The average molecular weight is 501 g/mol. The molecule has 1 aliphatic carbocycles. The van der Waals surface area contributed by atoms with Crippen LogP contribution in [0.2, 0.25) is 0 Å². The van der Waals surface area contributed by atoms with Crippen LogP contribution < -0.4 is 5.69 Å². The molecule has 9 heteroatoms. The maximum absolute atomic E-state index is 12.8. The van der Waals surface area contributed by atoms with Gasteiger partial charge in [-0.1, -0.05) is 12.1 Å². The van der Waals surface area contributed by atoms with E-state index in [9.17, 15) is 9.59 Å². The van der Waals surface area contributed by atoms with Crippen molar-refractivity contribution in [2.75, 3.05) is 19.7 Å². The first kappa shape index (κ1) is 23.8. The Labute approximate surface area is 215 Å². The quantitative estimate of drug-likeness (QED) is 0.397. The number of aromatic nitrogens is 5. The number of likely N-dealkylation sites (tertiary alicyclic amines) is 1. The second-order valence-corrected chi connectivity index (χ2v) is 10.9. The summed E-state index contributed by atoms with van der Waals surface area (Å²) in [4.78, 5) is 32.0. The number of carbonyl (C=O) groups excluding carboxylic acids is 1. The van der Waals surface area contributed by atoms with Gasteiger partial charge in [0, 0.05) is 43.3 Å². The van der Waals surface area contributed by atoms with E-state index < -0.39 is 0 Å². The van der Waals surface area contributed by atoms with Crippen molar-refractivity contribution in [3.8, 4) is 11.1 Å². The highest BCUT2D eigenvalue weighted by Gasteiger charge is 2.48. The van der Waals surface area contributed by atoms with Gasteiger partial charge in [-0.15, -0.1) is 10.2 Å². The zero-order valence-electron chi connectivity index (χ0n) is 21.8. The second-order valence-electron chi connectivity index (χ2n) is 10.9. The van der Waals surface area contributed by atoms with Gasteiger partial charge in [0.2, 0.25) is 5.91 Å². The molecule has 0 radical (unpaired) electrons. The lowest BCUT2D eigenvalue weighted by Crippen LogP contribution is -2.32. The summed E-state index contributed by atoms with van der Waals surface area (Å²) in [5.74, 6) is 0.0682. The number of fused-ring (bicyclic) bond motifs is 3. The minimum atomic E-state index is -0.285. The Morgan fingerprint density at radius 2 is 1.86 bits per heavy atom. The number of benzene rings is 1. The summed E-state index contributed by atoms with van der Waals surface area (Å²) in [6.07, 6.45) is 5.17. The van der Waals surface area contributed by atoms with E-state index in [1.165, 1.54) is 12.8 Å². The third-order valence-electron chi connectivity index (χ3n) is 8.03. The smallest absolute Gasteiger partial charge is 0.330 e. The molecule has 1 spiro atoms. The zero-order chi connectivity index (χ0) is 25.9. The SMILES string of the molecule is CC(C)n1c(=O)n(C)c2nnc3ccc(-c4ccc([C@@H](C)OCC(=O)N5CCC6(CC6)C5)nc4)cc3c21. The van der Waals surface area contributed by atoms with Gasteiger partial charge in [-0.05, 0) is 69.2 Å². The minimum Gasteiger partial charge on any atom is -0.362 e. The van der Waals surface area contributed by atoms with E-state index in [1.54, 1.807) is 16.2 Å². The molecule has 2 fully saturated rings. The highest BCUT2D eigenvalue weighted by molar-refractivity contribution is 6.02. The number of hydrogen-bond acceptors (Lipinski definition) is 6. The predicted octanol–water partition coefficient (Wildman–Crippen LogP) is 4.02. The molecule has 1 saturated heterocycles. The van der Waals surface area contributed by atoms with Crippen molar-refractivity contribution in [3.63, 3.8) is 0 Å². The van der Waals surface area contributed by atoms with Gasteiger partial charge < -0.3 is 9.64 Å². The molecule has 192 valence electrons. The van der Waals surface area contributed by atoms with Crippen LogP contribution in [0.4, 0.5) is 0 Å². The van der Waals surface area contributed by atoms with Gasteiger partial charge >= 0.3 is 5.69 Å². The Morgan fingerprint density at radius 1 is 1.08 bits per heavy atom. The number of pyridine rings is 1. The summed E-state index contributed by atoms with van der Waals surface area (Å²) in [5.41, 5.74) is 5.11. The third-order valence-corrected chi connectivity index (χ3v) is 8.03. The lowest BCUT2D eigenvalue weighted by Gasteiger charge is -2.18. The van der Waals surface area contributed by atoms with Crippen LogP contribution in [0.5, 0.6) is 0 Å². The molecule has 0 bridgehead atoms. The summed E-state index contributed by atoms with van der Waals surface area (Å²) in [5, 5.41) is 9.53. The van der Waals surface area contributed by atoms with E-state index in [1.807, 2.05) is 62.2 Å². The molecule has 1 aromatic carbocycles. The highest BCUT2D eigenvalue weighted by Crippen LogP contribution is 2.52. The van der Waals surface area contributed by atoms with Crippen LogP contribution in [-0.2, 0) is 16.6 Å². The fraction of sp³-hybridized carbons (Fsp3) is 0.464. The molecular weight excluding hydrogens is 468 g/mol. The van der Waals surface area contributed by atoms with Gasteiger partial charge in [0.05, 0.1) is 17.3 Å². The van der Waals surface area contributed by atoms with Gasteiger partial charge in [0.1, 0.15) is 12.1 Å². The lowest BCUT2D eigenvalue weighted by atomic mass is 10.0. The Bertz CT molecular complexity index is 1570. The van der Waals surface area contributed by atoms with Gasteiger partial charge in [-0.3, -0.25) is 18.9 Å². The van der Waals surface area contributed by atoms with Crippen molar-refractivity contribution in [2.45, 2.75) is 52.2 Å². The first-order valence-electron chi connectivity index (χ1n) is 13.0. The van der Waals surface area contributed by atoms with Crippen LogP contribution in [-0.4, -0.2) is 54.8 Å². The first-order chi connectivity index (χ1) is 17.8. The van der Waals surface area contributed by atoms with E-state index in [2.05, 4.69) is 15.2 Å². The van der Waals surface area contributed by atoms with Gasteiger partial charge in [0.25, 0.3) is 0 Å². The van der Waals surface area contributed by atoms with Crippen LogP contribution in [0.15, 0.2) is 41.3 Å². The van der Waals surface area contributed by atoms with Crippen LogP contribution >= 0.6 is 0 Å². The largest absolute Gasteiger partial charge is 0.362 e. The number of carbonyl (C=O) groups is 1. The number of rotatable bonds is 6. The van der Waals surface area contributed by atoms with Crippen molar-refractivity contribution in [2.24, 2.45) is 12.5 Å². The number of nitrogens with zero attached hydrogens (tertiary/aromatic N) is 6. The van der Waals surface area contributed by atoms with Gasteiger partial charge in [-0.2, -0.15) is 0 Å². The Morgan fingerprint density at radius 3 is 2.54 bits per heavy atom. The van der Waals surface area contributed by atoms with Crippen molar-refractivity contribution in [1.82, 2.24) is 29.2 Å². The number of amides is 1. The van der Waals surface area contributed by atoms with Crippen LogP contribution in [0.25, 0.3) is 33.2 Å². The molecule has 4 aromatic rings. The number of hydrogen-bond donors (Lipinski definition) is 0. The molecule has 2 aliphatic rings. The van der Waals surface area contributed by atoms with Crippen molar-refractivity contribution >= 4 is 28.0 Å². The highest BCUT2D eigenvalue weighted by atomic mass is 16.5. The molecular formula is C28H32N6O3. The average Bonchev–Trinajstić information content (AvgIpc) is 3.44. The Balaban J connectivity index is 1.22. The number of ether oxygens (including phenoxy) is 1. The molecule has 1 aliphatic heterocycles. The first-order valence-corrected chi connectivity index (χ1v) is 13.0. The van der Waals surface area contributed by atoms with Crippen LogP contribution in [0.3, 0.4) is 0 Å². The summed E-state index contributed by atoms with van der Waals surface area (Å²) in [7, 11) is 1.72. The molecule has 3 aromatic heterocycles. The second kappa shape index (κ2) is 8.76. The molecule has 1 atom stereocenters. The molecule has 37 heavy (non-hydrogen) atoms. The number of imidazole rings is 1. The van der Waals surface area contributed by atoms with Crippen LogP contribution in [0, 0.1) is 5.41 Å². The number of aryl methyl sites for hydroxylation is 1. The van der Waals surface area contributed by atoms with E-state index in [-0.39, 0.29) is 30.3 Å². The van der Waals surface area contributed by atoms with Gasteiger partial charge in [0.15, 0.2) is 5.65 Å². The summed E-state index contributed by atoms with van der Waals surface area (Å²) >= 11 is 0. The Hall–Kier alpha value is -3.59. The fourth-order valence-electron chi connectivity index (χ4n) is 5.47. The molecule has 1 amide bonds. The van der Waals surface area contributed by atoms with E-state index in [0.29, 0.717) is 11.1 Å². The molecule has 1 saturated carbocycles. The van der Waals surface area contributed by atoms with Crippen LogP contribution in [0.1, 0.15) is 57.9 Å². The summed E-state index contributed by atoms with van der Waals surface area (Å²) in [6.45, 7) is 7.72. The zero-order valence-corrected chi connectivity index (χ0v) is 21.8. The summed E-state index contributed by atoms with van der Waals surface area (Å²) < 4.78 is 9.20. The molecule has 4 heterocycles. The monoisotopic (exact) mass is 500 g/mol. The lowest BCUT2D eigenvalue weighted by molar-refractivity contribution is -0.137. The minimum absolute atomic E-state index is 0.0122.